The number of nitrogens with zero attached hydrogens (tertiary/aromatic N) is 1. The molecule has 0 atom stereocenters. The molecule has 0 aromatic heterocycles. The van der Waals surface area contributed by atoms with Gasteiger partial charge in [0.1, 0.15) is 5.75 Å². The molecule has 2 rings (SSSR count). The van der Waals surface area contributed by atoms with Crippen molar-refractivity contribution in [1.29, 1.82) is 0 Å². The van der Waals surface area contributed by atoms with Gasteiger partial charge in [-0.2, -0.15) is 4.36 Å². The maximum absolute atomic E-state index is 9.30. The number of phenolic OH excluding ortho intramolecular Hbond substituents is 1. The van der Waals surface area contributed by atoms with Crippen molar-refractivity contribution >= 4 is 35.2 Å². The zero-order valence-electron chi connectivity index (χ0n) is 9.42. The normalized spacial score (nSPS) is 9.78. The first kappa shape index (κ1) is 12.1. The fraction of sp³-hybridized carbons (Fsp3) is 0. The lowest BCUT2D eigenvalue weighted by Crippen LogP contribution is -2.08. The number of aromatic hydroxyl groups is 1. The number of nitrogens with two attached hydrogens (primary N) is 1. The highest BCUT2D eigenvalue weighted by atomic mass is 32.1. The number of hydrogen-bond acceptors (Lipinski definition) is 6. The summed E-state index contributed by atoms with van der Waals surface area (Å²) in [5.41, 5.74) is 14.1. The van der Waals surface area contributed by atoms with E-state index in [0.717, 1.165) is 11.4 Å². The number of benzene rings is 2. The molecule has 0 saturated carbocycles. The van der Waals surface area contributed by atoms with E-state index >= 15 is 0 Å². The van der Waals surface area contributed by atoms with Crippen LogP contribution in [0, 0.1) is 0 Å². The Balaban J connectivity index is 2.06. The summed E-state index contributed by atoms with van der Waals surface area (Å²) in [5.74, 6) is 0.0625. The second-order valence-corrected chi connectivity index (χ2v) is 3.85. The molecule has 0 fully saturated rings. The van der Waals surface area contributed by atoms with Gasteiger partial charge in [0, 0.05) is 12.4 Å². The van der Waals surface area contributed by atoms with Crippen LogP contribution in [0.25, 0.3) is 0 Å². The van der Waals surface area contributed by atoms with Gasteiger partial charge >= 0.3 is 0 Å². The third-order valence-corrected chi connectivity index (χ3v) is 2.54. The molecule has 2 aromatic carbocycles. The molecule has 0 heterocycles. The topological polar surface area (TPSA) is 82.7 Å². The molecular weight excluding hydrogens is 248 g/mol. The molecule has 0 aliphatic heterocycles. The Morgan fingerprint density at radius 1 is 1.06 bits per heavy atom. The van der Waals surface area contributed by atoms with Gasteiger partial charge < -0.3 is 21.7 Å². The molecule has 0 aliphatic carbocycles. The Morgan fingerprint density at radius 2 is 1.78 bits per heavy atom. The van der Waals surface area contributed by atoms with Crippen LogP contribution in [0.5, 0.6) is 5.75 Å². The van der Waals surface area contributed by atoms with Crippen LogP contribution in [0.2, 0.25) is 0 Å². The van der Waals surface area contributed by atoms with Gasteiger partial charge in [0.05, 0.1) is 22.7 Å². The van der Waals surface area contributed by atoms with Gasteiger partial charge in [-0.05, 0) is 36.4 Å². The molecule has 18 heavy (non-hydrogen) atoms. The quantitative estimate of drug-likeness (QED) is 0.294. The predicted octanol–water partition coefficient (Wildman–Crippen LogP) is 2.78. The number of nitrogens with one attached hydrogen (secondary N) is 2. The van der Waals surface area contributed by atoms with Crippen LogP contribution in [0.4, 0.5) is 22.7 Å². The Bertz CT molecular complexity index is 574. The number of hydrazine groups is 1. The monoisotopic (exact) mass is 260 g/mol. The first-order chi connectivity index (χ1) is 8.69. The summed E-state index contributed by atoms with van der Waals surface area (Å²) in [6, 6.07) is 12.2. The van der Waals surface area contributed by atoms with E-state index in [2.05, 4.69) is 27.6 Å². The van der Waals surface area contributed by atoms with Gasteiger partial charge in [-0.3, -0.25) is 0 Å². The summed E-state index contributed by atoms with van der Waals surface area (Å²) in [6.45, 7) is 0. The molecule has 2 aromatic rings. The van der Waals surface area contributed by atoms with Crippen LogP contribution in [-0.4, -0.2) is 5.11 Å². The number of nitrogen functional groups attached to an aromatic ring is 1. The molecule has 0 amide bonds. The highest BCUT2D eigenvalue weighted by Gasteiger charge is 1.98. The molecule has 5 N–H and O–H groups in total. The number of hydrogen-bond donors (Lipinski definition) is 4. The maximum atomic E-state index is 9.30. The molecule has 0 aliphatic rings. The largest absolute Gasteiger partial charge is 0.506 e. The smallest absolute Gasteiger partial charge is 0.138 e. The molecule has 0 spiro atoms. The van der Waals surface area contributed by atoms with Crippen LogP contribution < -0.4 is 16.6 Å². The van der Waals surface area contributed by atoms with Gasteiger partial charge in [-0.25, -0.2) is 0 Å². The van der Waals surface area contributed by atoms with E-state index in [9.17, 15) is 5.11 Å². The molecule has 0 bridgehead atoms. The Hall–Kier alpha value is -2.34. The van der Waals surface area contributed by atoms with E-state index in [0.29, 0.717) is 11.4 Å². The van der Waals surface area contributed by atoms with Gasteiger partial charge in [0.2, 0.25) is 0 Å². The van der Waals surface area contributed by atoms with E-state index < -0.39 is 0 Å². The fourth-order valence-electron chi connectivity index (χ4n) is 1.42. The van der Waals surface area contributed by atoms with Crippen molar-refractivity contribution in [2.45, 2.75) is 0 Å². The third-order valence-electron chi connectivity index (χ3n) is 2.33. The molecule has 0 radical (unpaired) electrons. The molecule has 6 heteroatoms. The average molecular weight is 260 g/mol. The van der Waals surface area contributed by atoms with Crippen molar-refractivity contribution in [1.82, 2.24) is 0 Å². The lowest BCUT2D eigenvalue weighted by molar-refractivity contribution is 0.478. The zero-order valence-corrected chi connectivity index (χ0v) is 10.2. The van der Waals surface area contributed by atoms with Gasteiger partial charge in [0.15, 0.2) is 0 Å². The van der Waals surface area contributed by atoms with E-state index in [4.69, 9.17) is 5.73 Å². The lowest BCUT2D eigenvalue weighted by atomic mass is 10.2. The van der Waals surface area contributed by atoms with Crippen molar-refractivity contribution in [2.75, 3.05) is 16.6 Å². The van der Waals surface area contributed by atoms with Crippen molar-refractivity contribution in [2.24, 2.45) is 4.36 Å². The van der Waals surface area contributed by atoms with Crippen molar-refractivity contribution in [3.63, 3.8) is 0 Å². The Kier molecular flexibility index (Phi) is 3.59. The van der Waals surface area contributed by atoms with Crippen molar-refractivity contribution in [3.05, 3.63) is 42.5 Å². The van der Waals surface area contributed by atoms with Crippen LogP contribution in [-0.2, 0) is 12.4 Å². The molecule has 5 nitrogen and oxygen atoms in total. The fourth-order valence-corrected chi connectivity index (χ4v) is 1.53. The Labute approximate surface area is 110 Å². The minimum absolute atomic E-state index is 0.0625. The standard InChI is InChI=1S/C12H12N4OS/c13-11-7-9(4-5-12(11)17)15-14-8-2-1-3-10(6-8)16-18/h1-7,14-15,17H,13H2. The average Bonchev–Trinajstić information content (AvgIpc) is 2.40. The maximum Gasteiger partial charge on any atom is 0.138 e. The highest BCUT2D eigenvalue weighted by Crippen LogP contribution is 2.24. The lowest BCUT2D eigenvalue weighted by Gasteiger charge is -2.10. The van der Waals surface area contributed by atoms with Crippen LogP contribution in [0.15, 0.2) is 46.8 Å². The summed E-state index contributed by atoms with van der Waals surface area (Å²) >= 11 is 4.62. The van der Waals surface area contributed by atoms with Gasteiger partial charge in [-0.1, -0.05) is 6.07 Å². The van der Waals surface area contributed by atoms with Crippen molar-refractivity contribution < 1.29 is 5.11 Å². The molecule has 92 valence electrons. The summed E-state index contributed by atoms with van der Waals surface area (Å²) in [7, 11) is 0. The minimum Gasteiger partial charge on any atom is -0.506 e. The van der Waals surface area contributed by atoms with Gasteiger partial charge in [-0.15, -0.1) is 0 Å². The van der Waals surface area contributed by atoms with Crippen molar-refractivity contribution in [3.8, 4) is 5.75 Å². The first-order valence-corrected chi connectivity index (χ1v) is 5.59. The number of rotatable bonds is 4. The highest BCUT2D eigenvalue weighted by molar-refractivity contribution is 7.47. The Morgan fingerprint density at radius 3 is 2.44 bits per heavy atom. The summed E-state index contributed by atoms with van der Waals surface area (Å²) in [5, 5.41) is 9.30. The zero-order chi connectivity index (χ0) is 13.0. The molecule has 0 saturated heterocycles. The number of anilines is 3. The van der Waals surface area contributed by atoms with Gasteiger partial charge in [0.25, 0.3) is 0 Å². The first-order valence-electron chi connectivity index (χ1n) is 5.23. The van der Waals surface area contributed by atoms with Crippen LogP contribution in [0.1, 0.15) is 0 Å². The number of phenols is 1. The second kappa shape index (κ2) is 5.33. The van der Waals surface area contributed by atoms with Crippen LogP contribution >= 0.6 is 0 Å². The summed E-state index contributed by atoms with van der Waals surface area (Å²) in [6.07, 6.45) is 0. The summed E-state index contributed by atoms with van der Waals surface area (Å²) in [4.78, 5) is 0. The van der Waals surface area contributed by atoms with E-state index in [1.165, 1.54) is 6.07 Å². The third kappa shape index (κ3) is 2.86. The predicted molar refractivity (Wildman–Crippen MR) is 75.7 cm³/mol. The van der Waals surface area contributed by atoms with E-state index in [-0.39, 0.29) is 5.75 Å². The van der Waals surface area contributed by atoms with Crippen LogP contribution in [0.3, 0.4) is 0 Å². The SMILES string of the molecule is Nc1cc(NNc2cccc(N=S)c2)ccc1O. The molecule has 0 unspecified atom stereocenters. The minimum atomic E-state index is 0.0625. The van der Waals surface area contributed by atoms with E-state index in [1.54, 1.807) is 12.1 Å². The molecular formula is C12H12N4OS. The second-order valence-electron chi connectivity index (χ2n) is 3.67. The van der Waals surface area contributed by atoms with E-state index in [1.807, 2.05) is 24.3 Å². The summed E-state index contributed by atoms with van der Waals surface area (Å²) < 4.78 is 3.67.